The normalized spacial score (nSPS) is 29.5. The van der Waals surface area contributed by atoms with Gasteiger partial charge in [0, 0.05) is 39.4 Å². The number of hydrogen-bond acceptors (Lipinski definition) is 4. The Morgan fingerprint density at radius 3 is 2.57 bits per heavy atom. The third-order valence-corrected chi connectivity index (χ3v) is 6.27. The average Bonchev–Trinajstić information content (AvgIpc) is 3.20. The number of hydrogen-bond donors (Lipinski definition) is 1. The van der Waals surface area contributed by atoms with Crippen LogP contribution in [0, 0.1) is 18.8 Å². The molecule has 1 saturated heterocycles. The molecule has 0 radical (unpaired) electrons. The van der Waals surface area contributed by atoms with Gasteiger partial charge in [-0.15, -0.1) is 0 Å². The lowest BCUT2D eigenvalue weighted by atomic mass is 9.77. The molecule has 3 fully saturated rings. The van der Waals surface area contributed by atoms with Gasteiger partial charge in [0.05, 0.1) is 18.3 Å². The van der Waals surface area contributed by atoms with Crippen LogP contribution in [0.15, 0.2) is 12.4 Å². The maximum absolute atomic E-state index is 12.5. The second-order valence-corrected chi connectivity index (χ2v) is 8.82. The van der Waals surface area contributed by atoms with E-state index in [0.29, 0.717) is 17.9 Å². The first-order valence-corrected chi connectivity index (χ1v) is 10.3. The van der Waals surface area contributed by atoms with Crippen LogP contribution in [0.1, 0.15) is 37.3 Å². The molecule has 0 unspecified atom stereocenters. The number of aromatic nitrogens is 2. The maximum atomic E-state index is 12.5. The predicted molar refractivity (Wildman–Crippen MR) is 104 cm³/mol. The van der Waals surface area contributed by atoms with Crippen molar-refractivity contribution in [1.29, 1.82) is 0 Å². The highest BCUT2D eigenvalue weighted by atomic mass is 16.5. The monoisotopic (exact) mass is 389 g/mol. The van der Waals surface area contributed by atoms with Gasteiger partial charge in [-0.3, -0.25) is 9.48 Å². The minimum absolute atomic E-state index is 0.0330. The van der Waals surface area contributed by atoms with Gasteiger partial charge in [-0.25, -0.2) is 4.79 Å². The average molecular weight is 390 g/mol. The van der Waals surface area contributed by atoms with E-state index >= 15 is 0 Å². The van der Waals surface area contributed by atoms with Crippen LogP contribution < -0.4 is 5.32 Å². The number of nitrogens with one attached hydrogen (secondary N) is 1. The molecule has 2 heterocycles. The molecule has 4 rings (SSSR count). The van der Waals surface area contributed by atoms with E-state index in [0.717, 1.165) is 44.3 Å². The lowest BCUT2D eigenvalue weighted by Crippen LogP contribution is -2.40. The summed E-state index contributed by atoms with van der Waals surface area (Å²) in [6, 6.07) is 0.544. The molecule has 1 aromatic heterocycles. The first-order chi connectivity index (χ1) is 13.4. The molecule has 0 bridgehead atoms. The van der Waals surface area contributed by atoms with E-state index in [1.807, 2.05) is 28.9 Å². The number of carbonyl (C=O) groups excluding carboxylic acids is 2. The van der Waals surface area contributed by atoms with Crippen molar-refractivity contribution in [1.82, 2.24) is 24.9 Å². The molecule has 154 valence electrons. The number of aryl methyl sites for hydroxylation is 1. The molecule has 0 spiro atoms. The highest BCUT2D eigenvalue weighted by Gasteiger charge is 2.45. The Kier molecular flexibility index (Phi) is 5.31. The fourth-order valence-corrected chi connectivity index (χ4v) is 4.43. The summed E-state index contributed by atoms with van der Waals surface area (Å²) in [4.78, 5) is 28.0. The molecular weight excluding hydrogens is 358 g/mol. The van der Waals surface area contributed by atoms with Crippen molar-refractivity contribution in [3.05, 3.63) is 18.0 Å². The molecule has 8 nitrogen and oxygen atoms in total. The Bertz CT molecular complexity index is 729. The number of urea groups is 1. The molecule has 0 aromatic carbocycles. The van der Waals surface area contributed by atoms with Gasteiger partial charge in [0.15, 0.2) is 0 Å². The number of nitrogens with zero attached hydrogens (tertiary/aromatic N) is 4. The highest BCUT2D eigenvalue weighted by Crippen LogP contribution is 2.42. The molecular formula is C20H31N5O3. The molecule has 1 aromatic rings. The molecule has 2 aliphatic carbocycles. The third kappa shape index (κ3) is 4.16. The maximum Gasteiger partial charge on any atom is 0.317 e. The summed E-state index contributed by atoms with van der Waals surface area (Å²) in [6.07, 6.45) is 7.80. The summed E-state index contributed by atoms with van der Waals surface area (Å²) in [5.41, 5.74) is 1.11. The van der Waals surface area contributed by atoms with E-state index in [-0.39, 0.29) is 30.7 Å². The van der Waals surface area contributed by atoms with Crippen molar-refractivity contribution in [2.45, 2.75) is 50.8 Å². The molecule has 1 N–H and O–H groups in total. The second kappa shape index (κ2) is 7.73. The summed E-state index contributed by atoms with van der Waals surface area (Å²) in [7, 11) is 3.48. The topological polar surface area (TPSA) is 79.7 Å². The van der Waals surface area contributed by atoms with Crippen molar-refractivity contribution < 1.29 is 14.3 Å². The molecule has 2 saturated carbocycles. The Labute approximate surface area is 166 Å². The van der Waals surface area contributed by atoms with Crippen LogP contribution in [0.2, 0.25) is 0 Å². The summed E-state index contributed by atoms with van der Waals surface area (Å²) in [6.45, 7) is 3.68. The zero-order chi connectivity index (χ0) is 19.8. The molecule has 3 amide bonds. The standard InChI is InChI=1S/C20H31N5O3/c1-13-8-21-25(9-13)17-6-14-10-24(20(27)22-16-4-5-16)11-15(14)7-18(17)28-12-19(26)23(2)3/h8-9,14-18H,4-7,10-12H2,1-3H3,(H,22,27)/t14-,15+,17-,18-/m0/s1. The largest absolute Gasteiger partial charge is 0.366 e. The van der Waals surface area contributed by atoms with Gasteiger partial charge in [0.2, 0.25) is 5.91 Å². The van der Waals surface area contributed by atoms with Gasteiger partial charge in [-0.05, 0) is 50.0 Å². The number of likely N-dealkylation sites (N-methyl/N-ethyl adjacent to an activating group) is 1. The van der Waals surface area contributed by atoms with Gasteiger partial charge in [0.25, 0.3) is 0 Å². The van der Waals surface area contributed by atoms with E-state index in [2.05, 4.69) is 10.4 Å². The van der Waals surface area contributed by atoms with Crippen LogP contribution in [-0.2, 0) is 9.53 Å². The fraction of sp³-hybridized carbons (Fsp3) is 0.750. The smallest absolute Gasteiger partial charge is 0.317 e. The van der Waals surface area contributed by atoms with E-state index in [9.17, 15) is 9.59 Å². The van der Waals surface area contributed by atoms with Crippen LogP contribution in [0.5, 0.6) is 0 Å². The van der Waals surface area contributed by atoms with Gasteiger partial charge in [-0.2, -0.15) is 5.10 Å². The number of carbonyl (C=O) groups is 2. The Morgan fingerprint density at radius 2 is 1.96 bits per heavy atom. The number of rotatable bonds is 5. The lowest BCUT2D eigenvalue weighted by Gasteiger charge is -2.37. The Balaban J connectivity index is 1.45. The van der Waals surface area contributed by atoms with E-state index < -0.39 is 0 Å². The van der Waals surface area contributed by atoms with Crippen LogP contribution in [-0.4, -0.2) is 77.5 Å². The van der Waals surface area contributed by atoms with Gasteiger partial charge >= 0.3 is 6.03 Å². The van der Waals surface area contributed by atoms with E-state index in [4.69, 9.17) is 4.74 Å². The van der Waals surface area contributed by atoms with E-state index in [1.54, 1.807) is 19.0 Å². The Hall–Kier alpha value is -2.09. The number of likely N-dealkylation sites (tertiary alicyclic amines) is 1. The SMILES string of the molecule is Cc1cnn([C@H]2C[C@H]3CN(C(=O)NC4CC4)C[C@H]3C[C@@H]2OCC(=O)N(C)C)c1. The van der Waals surface area contributed by atoms with E-state index in [1.165, 1.54) is 0 Å². The van der Waals surface area contributed by atoms with Gasteiger partial charge in [0.1, 0.15) is 6.61 Å². The molecule has 1 aliphatic heterocycles. The van der Waals surface area contributed by atoms with Crippen molar-refractivity contribution in [3.63, 3.8) is 0 Å². The lowest BCUT2D eigenvalue weighted by molar-refractivity contribution is -0.138. The molecule has 4 atom stereocenters. The van der Waals surface area contributed by atoms with Crippen LogP contribution in [0.3, 0.4) is 0 Å². The van der Waals surface area contributed by atoms with Crippen LogP contribution in [0.4, 0.5) is 4.79 Å². The summed E-state index contributed by atoms with van der Waals surface area (Å²) in [5.74, 6) is 0.829. The van der Waals surface area contributed by atoms with Crippen molar-refractivity contribution in [2.75, 3.05) is 33.8 Å². The van der Waals surface area contributed by atoms with Gasteiger partial charge < -0.3 is 19.9 Å². The summed E-state index contributed by atoms with van der Waals surface area (Å²) < 4.78 is 8.08. The van der Waals surface area contributed by atoms with Crippen LogP contribution in [0.25, 0.3) is 0 Å². The zero-order valence-electron chi connectivity index (χ0n) is 17.0. The van der Waals surface area contributed by atoms with Crippen molar-refractivity contribution in [2.24, 2.45) is 11.8 Å². The number of amides is 3. The highest BCUT2D eigenvalue weighted by molar-refractivity contribution is 5.76. The summed E-state index contributed by atoms with van der Waals surface area (Å²) >= 11 is 0. The van der Waals surface area contributed by atoms with Crippen LogP contribution >= 0.6 is 0 Å². The second-order valence-electron chi connectivity index (χ2n) is 8.82. The Morgan fingerprint density at radius 1 is 1.25 bits per heavy atom. The molecule has 8 heteroatoms. The first-order valence-electron chi connectivity index (χ1n) is 10.3. The van der Waals surface area contributed by atoms with Gasteiger partial charge in [-0.1, -0.05) is 0 Å². The third-order valence-electron chi connectivity index (χ3n) is 6.27. The minimum Gasteiger partial charge on any atom is -0.366 e. The number of fused-ring (bicyclic) bond motifs is 1. The summed E-state index contributed by atoms with van der Waals surface area (Å²) in [5, 5.41) is 7.62. The van der Waals surface area contributed by atoms with Crippen molar-refractivity contribution in [3.8, 4) is 0 Å². The van der Waals surface area contributed by atoms with Crippen molar-refractivity contribution >= 4 is 11.9 Å². The molecule has 28 heavy (non-hydrogen) atoms. The molecule has 3 aliphatic rings. The minimum atomic E-state index is -0.0732. The zero-order valence-corrected chi connectivity index (χ0v) is 17.0. The predicted octanol–water partition coefficient (Wildman–Crippen LogP) is 1.42. The fourth-order valence-electron chi connectivity index (χ4n) is 4.43. The quantitative estimate of drug-likeness (QED) is 0.826. The first kappa shape index (κ1) is 19.2. The number of ether oxygens (including phenoxy) is 1.